The van der Waals surface area contributed by atoms with Crippen molar-refractivity contribution < 1.29 is 28.9 Å². The van der Waals surface area contributed by atoms with E-state index in [9.17, 15) is 9.59 Å². The minimum absolute atomic E-state index is 0.212. The average molecular weight is 354 g/mol. The molecule has 1 aliphatic rings. The summed E-state index contributed by atoms with van der Waals surface area (Å²) in [5.41, 5.74) is 1.66. The van der Waals surface area contributed by atoms with Crippen LogP contribution in [0, 0.1) is 0 Å². The van der Waals surface area contributed by atoms with Crippen LogP contribution in [0.5, 0.6) is 17.2 Å². The quantitative estimate of drug-likeness (QED) is 0.634. The fraction of sp³-hybridized carbons (Fsp3) is 0.200. The van der Waals surface area contributed by atoms with Crippen LogP contribution in [0.4, 0.5) is 0 Å². The van der Waals surface area contributed by atoms with Gasteiger partial charge in [-0.25, -0.2) is 0 Å². The van der Waals surface area contributed by atoms with Crippen molar-refractivity contribution in [1.82, 2.24) is 0 Å². The van der Waals surface area contributed by atoms with E-state index >= 15 is 0 Å². The van der Waals surface area contributed by atoms with E-state index in [0.29, 0.717) is 41.6 Å². The van der Waals surface area contributed by atoms with Gasteiger partial charge in [0.05, 0.1) is 13.5 Å². The highest BCUT2D eigenvalue weighted by Gasteiger charge is 2.13. The summed E-state index contributed by atoms with van der Waals surface area (Å²) in [6, 6.07) is 10.2. The Morgan fingerprint density at radius 2 is 1.88 bits per heavy atom. The van der Waals surface area contributed by atoms with Crippen LogP contribution < -0.4 is 14.2 Å². The van der Waals surface area contributed by atoms with Gasteiger partial charge in [-0.3, -0.25) is 9.59 Å². The number of ether oxygens (including phenoxy) is 3. The monoisotopic (exact) mass is 354 g/mol. The second-order valence-corrected chi connectivity index (χ2v) is 5.70. The minimum Gasteiger partial charge on any atom is -0.496 e. The minimum atomic E-state index is -0.986. The molecule has 0 atom stereocenters. The molecule has 3 rings (SSSR count). The summed E-state index contributed by atoms with van der Waals surface area (Å²) in [7, 11) is 1.46. The van der Waals surface area contributed by atoms with Crippen LogP contribution in [0.25, 0.3) is 6.08 Å². The Bertz CT molecular complexity index is 869. The molecule has 0 aliphatic carbocycles. The first-order valence-corrected chi connectivity index (χ1v) is 8.07. The van der Waals surface area contributed by atoms with E-state index in [2.05, 4.69) is 0 Å². The highest BCUT2D eigenvalue weighted by atomic mass is 16.6. The molecule has 0 fully saturated rings. The average Bonchev–Trinajstić information content (AvgIpc) is 2.65. The van der Waals surface area contributed by atoms with Crippen molar-refractivity contribution in [2.45, 2.75) is 6.42 Å². The lowest BCUT2D eigenvalue weighted by Crippen LogP contribution is -2.15. The summed E-state index contributed by atoms with van der Waals surface area (Å²) in [6.45, 7) is 1.02. The van der Waals surface area contributed by atoms with Gasteiger partial charge in [0.15, 0.2) is 17.3 Å². The molecule has 0 saturated carbocycles. The molecule has 1 aliphatic heterocycles. The maximum atomic E-state index is 12.4. The predicted molar refractivity (Wildman–Crippen MR) is 95.1 cm³/mol. The fourth-order valence-electron chi connectivity index (χ4n) is 2.66. The number of ketones is 1. The third-order valence-corrected chi connectivity index (χ3v) is 3.90. The number of aliphatic carboxylic acids is 1. The Morgan fingerprint density at radius 1 is 1.12 bits per heavy atom. The molecule has 0 radical (unpaired) electrons. The van der Waals surface area contributed by atoms with Crippen molar-refractivity contribution >= 4 is 17.8 Å². The topological polar surface area (TPSA) is 82.1 Å². The third kappa shape index (κ3) is 4.03. The Morgan fingerprint density at radius 3 is 2.62 bits per heavy atom. The summed E-state index contributed by atoms with van der Waals surface area (Å²) < 4.78 is 16.1. The lowest BCUT2D eigenvalue weighted by molar-refractivity contribution is -0.136. The van der Waals surface area contributed by atoms with Gasteiger partial charge in [0.25, 0.3) is 0 Å². The zero-order valence-electron chi connectivity index (χ0n) is 14.2. The van der Waals surface area contributed by atoms with E-state index in [4.69, 9.17) is 19.3 Å². The van der Waals surface area contributed by atoms with Crippen LogP contribution in [0.15, 0.2) is 42.5 Å². The molecule has 6 nitrogen and oxygen atoms in total. The molecule has 0 spiro atoms. The summed E-state index contributed by atoms with van der Waals surface area (Å²) in [5, 5.41) is 8.99. The molecule has 1 N–H and O–H groups in total. The first-order chi connectivity index (χ1) is 12.6. The van der Waals surface area contributed by atoms with E-state index in [0.717, 1.165) is 5.56 Å². The number of hydrogen-bond acceptors (Lipinski definition) is 5. The Hall–Kier alpha value is -3.28. The van der Waals surface area contributed by atoms with Gasteiger partial charge in [-0.15, -0.1) is 0 Å². The van der Waals surface area contributed by atoms with Gasteiger partial charge in [-0.1, -0.05) is 12.1 Å². The van der Waals surface area contributed by atoms with Crippen molar-refractivity contribution in [2.75, 3.05) is 20.3 Å². The lowest BCUT2D eigenvalue weighted by Gasteiger charge is -2.18. The van der Waals surface area contributed by atoms with Crippen LogP contribution in [-0.2, 0) is 11.2 Å². The van der Waals surface area contributed by atoms with Gasteiger partial charge in [-0.2, -0.15) is 0 Å². The number of carbonyl (C=O) groups is 2. The van der Waals surface area contributed by atoms with E-state index < -0.39 is 5.97 Å². The van der Waals surface area contributed by atoms with E-state index in [1.54, 1.807) is 30.3 Å². The first-order valence-electron chi connectivity index (χ1n) is 8.07. The Kier molecular flexibility index (Phi) is 5.22. The smallest absolute Gasteiger partial charge is 0.307 e. The van der Waals surface area contributed by atoms with Crippen molar-refractivity contribution in [1.29, 1.82) is 0 Å². The summed E-state index contributed by atoms with van der Waals surface area (Å²) in [6.07, 6.45) is 2.91. The van der Waals surface area contributed by atoms with Gasteiger partial charge in [0, 0.05) is 11.1 Å². The highest BCUT2D eigenvalue weighted by molar-refractivity contribution is 6.07. The molecular weight excluding hydrogens is 336 g/mol. The molecule has 2 aromatic carbocycles. The third-order valence-electron chi connectivity index (χ3n) is 3.90. The van der Waals surface area contributed by atoms with Crippen molar-refractivity contribution in [3.63, 3.8) is 0 Å². The van der Waals surface area contributed by atoms with Crippen LogP contribution in [0.1, 0.15) is 21.5 Å². The SMILES string of the molecule is COc1ccc(C(=O)/C=C/c2ccc3c(c2)OCCO3)cc1CC(=O)O. The molecule has 134 valence electrons. The number of rotatable bonds is 6. The second-order valence-electron chi connectivity index (χ2n) is 5.70. The first kappa shape index (κ1) is 17.5. The number of allylic oxidation sites excluding steroid dienone is 1. The molecular formula is C20H18O6. The van der Waals surface area contributed by atoms with E-state index in [1.807, 2.05) is 12.1 Å². The molecule has 0 amide bonds. The van der Waals surface area contributed by atoms with Crippen molar-refractivity contribution in [2.24, 2.45) is 0 Å². The van der Waals surface area contributed by atoms with Gasteiger partial charge < -0.3 is 19.3 Å². The van der Waals surface area contributed by atoms with Crippen LogP contribution in [-0.4, -0.2) is 37.2 Å². The number of carboxylic acid groups (broad SMARTS) is 1. The zero-order valence-corrected chi connectivity index (χ0v) is 14.2. The maximum absolute atomic E-state index is 12.4. The number of carboxylic acids is 1. The maximum Gasteiger partial charge on any atom is 0.307 e. The Balaban J connectivity index is 1.79. The van der Waals surface area contributed by atoms with E-state index in [1.165, 1.54) is 13.2 Å². The largest absolute Gasteiger partial charge is 0.496 e. The summed E-state index contributed by atoms with van der Waals surface area (Å²) >= 11 is 0. The number of benzene rings is 2. The van der Waals surface area contributed by atoms with Gasteiger partial charge in [-0.05, 0) is 42.0 Å². The Labute approximate surface area is 150 Å². The van der Waals surface area contributed by atoms with Gasteiger partial charge in [0.2, 0.25) is 0 Å². The van der Waals surface area contributed by atoms with Crippen LogP contribution in [0.2, 0.25) is 0 Å². The van der Waals surface area contributed by atoms with Crippen molar-refractivity contribution in [3.8, 4) is 17.2 Å². The zero-order chi connectivity index (χ0) is 18.5. The molecule has 26 heavy (non-hydrogen) atoms. The number of fused-ring (bicyclic) bond motifs is 1. The molecule has 0 unspecified atom stereocenters. The number of carbonyl (C=O) groups excluding carboxylic acids is 1. The number of hydrogen-bond donors (Lipinski definition) is 1. The highest BCUT2D eigenvalue weighted by Crippen LogP contribution is 2.31. The molecule has 2 aromatic rings. The van der Waals surface area contributed by atoms with Crippen LogP contribution in [0.3, 0.4) is 0 Å². The predicted octanol–water partition coefficient (Wildman–Crippen LogP) is 2.99. The standard InChI is InChI=1S/C20H18O6/c1-24-17-7-4-14(11-15(17)12-20(22)23)16(21)5-2-13-3-6-18-19(10-13)26-9-8-25-18/h2-7,10-11H,8-9,12H2,1H3,(H,22,23)/b5-2+. The lowest BCUT2D eigenvalue weighted by atomic mass is 10.0. The molecule has 6 heteroatoms. The van der Waals surface area contributed by atoms with E-state index in [-0.39, 0.29) is 12.2 Å². The van der Waals surface area contributed by atoms with Crippen LogP contribution >= 0.6 is 0 Å². The molecule has 0 aromatic heterocycles. The second kappa shape index (κ2) is 7.74. The fourth-order valence-corrected chi connectivity index (χ4v) is 2.66. The summed E-state index contributed by atoms with van der Waals surface area (Å²) in [5.74, 6) is 0.570. The normalized spacial score (nSPS) is 12.8. The number of methoxy groups -OCH3 is 1. The molecule has 0 bridgehead atoms. The van der Waals surface area contributed by atoms with Crippen molar-refractivity contribution in [3.05, 3.63) is 59.2 Å². The summed E-state index contributed by atoms with van der Waals surface area (Å²) in [4.78, 5) is 23.4. The molecule has 1 heterocycles. The molecule has 0 saturated heterocycles. The van der Waals surface area contributed by atoms with Gasteiger partial charge >= 0.3 is 5.97 Å². The van der Waals surface area contributed by atoms with Gasteiger partial charge in [0.1, 0.15) is 19.0 Å².